The van der Waals surface area contributed by atoms with Gasteiger partial charge in [-0.15, -0.1) is 0 Å². The Hall–Kier alpha value is -3.66. The van der Waals surface area contributed by atoms with Crippen molar-refractivity contribution in [1.82, 2.24) is 10.2 Å². The van der Waals surface area contributed by atoms with Gasteiger partial charge in [-0.1, -0.05) is 94.6 Å². The standard InChI is InChI=1S/C34H35BrClN3O4S/c1-3-20-37-34(41)32(22-26-8-5-4-6-9-26)38(23-27-10-7-11-28(35)21-27)33(40)24-39(30-16-14-29(36)15-17-30)44(42,43)31-18-12-25(2)13-19-31/h4-19,21,32H,3,20,22-24H2,1-2H3,(H,37,41)/t32-/m1/s1. The fraction of sp³-hybridized carbons (Fsp3) is 0.235. The Labute approximate surface area is 273 Å². The maximum absolute atomic E-state index is 14.4. The van der Waals surface area contributed by atoms with Crippen LogP contribution in [0.4, 0.5) is 5.69 Å². The second kappa shape index (κ2) is 15.4. The number of anilines is 1. The van der Waals surface area contributed by atoms with Crippen LogP contribution in [0, 0.1) is 6.92 Å². The number of carbonyl (C=O) groups excluding carboxylic acids is 2. The largest absolute Gasteiger partial charge is 0.354 e. The van der Waals surface area contributed by atoms with E-state index >= 15 is 0 Å². The first-order valence-electron chi connectivity index (χ1n) is 14.3. The van der Waals surface area contributed by atoms with Crippen molar-refractivity contribution in [2.24, 2.45) is 0 Å². The van der Waals surface area contributed by atoms with Crippen molar-refractivity contribution in [3.05, 3.63) is 129 Å². The van der Waals surface area contributed by atoms with Gasteiger partial charge in [0, 0.05) is 29.0 Å². The Kier molecular flexibility index (Phi) is 11.6. The van der Waals surface area contributed by atoms with Crippen molar-refractivity contribution in [3.63, 3.8) is 0 Å². The summed E-state index contributed by atoms with van der Waals surface area (Å²) in [6, 6.07) is 28.8. The summed E-state index contributed by atoms with van der Waals surface area (Å²) in [7, 11) is -4.18. The molecular formula is C34H35BrClN3O4S. The minimum atomic E-state index is -4.18. The molecule has 0 aromatic heterocycles. The number of nitrogens with one attached hydrogen (secondary N) is 1. The van der Waals surface area contributed by atoms with Gasteiger partial charge in [-0.2, -0.15) is 0 Å². The monoisotopic (exact) mass is 695 g/mol. The number of benzene rings is 4. The van der Waals surface area contributed by atoms with Gasteiger partial charge in [-0.3, -0.25) is 13.9 Å². The third-order valence-corrected chi connectivity index (χ3v) is 9.60. The maximum atomic E-state index is 14.4. The third kappa shape index (κ3) is 8.71. The van der Waals surface area contributed by atoms with Gasteiger partial charge in [-0.25, -0.2) is 8.42 Å². The molecule has 2 amide bonds. The van der Waals surface area contributed by atoms with Crippen LogP contribution in [-0.2, 0) is 32.6 Å². The molecular weight excluding hydrogens is 662 g/mol. The predicted molar refractivity (Wildman–Crippen MR) is 179 cm³/mol. The van der Waals surface area contributed by atoms with Crippen molar-refractivity contribution < 1.29 is 18.0 Å². The first-order valence-corrected chi connectivity index (χ1v) is 16.9. The number of rotatable bonds is 13. The highest BCUT2D eigenvalue weighted by molar-refractivity contribution is 9.10. The van der Waals surface area contributed by atoms with E-state index in [9.17, 15) is 18.0 Å². The molecule has 44 heavy (non-hydrogen) atoms. The molecule has 0 saturated carbocycles. The van der Waals surface area contributed by atoms with Crippen molar-refractivity contribution in [2.45, 2.75) is 44.2 Å². The molecule has 1 N–H and O–H groups in total. The number of hydrogen-bond donors (Lipinski definition) is 1. The molecule has 0 fully saturated rings. The van der Waals surface area contributed by atoms with Gasteiger partial charge in [0.2, 0.25) is 11.8 Å². The first-order chi connectivity index (χ1) is 21.1. The molecule has 0 saturated heterocycles. The summed E-state index contributed by atoms with van der Waals surface area (Å²) < 4.78 is 30.0. The Morgan fingerprint density at radius 2 is 1.55 bits per heavy atom. The molecule has 4 aromatic carbocycles. The van der Waals surface area contributed by atoms with E-state index in [-0.39, 0.29) is 29.5 Å². The fourth-order valence-electron chi connectivity index (χ4n) is 4.73. The number of carbonyl (C=O) groups is 2. The Morgan fingerprint density at radius 1 is 0.886 bits per heavy atom. The number of aryl methyl sites for hydroxylation is 1. The first kappa shape index (κ1) is 33.2. The topological polar surface area (TPSA) is 86.8 Å². The van der Waals surface area contributed by atoms with Crippen LogP contribution < -0.4 is 9.62 Å². The van der Waals surface area contributed by atoms with E-state index in [1.54, 1.807) is 36.4 Å². The molecule has 0 spiro atoms. The van der Waals surface area contributed by atoms with Crippen LogP contribution in [0.3, 0.4) is 0 Å². The highest BCUT2D eigenvalue weighted by atomic mass is 79.9. The molecule has 4 rings (SSSR count). The number of hydrogen-bond acceptors (Lipinski definition) is 4. The molecule has 0 aliphatic carbocycles. The number of amides is 2. The molecule has 0 bridgehead atoms. The second-order valence-corrected chi connectivity index (χ2v) is 13.7. The van der Waals surface area contributed by atoms with Crippen LogP contribution in [0.25, 0.3) is 0 Å². The van der Waals surface area contributed by atoms with Crippen LogP contribution in [0.1, 0.15) is 30.0 Å². The molecule has 230 valence electrons. The minimum Gasteiger partial charge on any atom is -0.354 e. The zero-order valence-corrected chi connectivity index (χ0v) is 27.8. The van der Waals surface area contributed by atoms with Gasteiger partial charge in [0.05, 0.1) is 10.6 Å². The van der Waals surface area contributed by atoms with E-state index in [1.807, 2.05) is 68.4 Å². The lowest BCUT2D eigenvalue weighted by Crippen LogP contribution is -2.53. The molecule has 0 aliphatic rings. The minimum absolute atomic E-state index is 0.0471. The van der Waals surface area contributed by atoms with E-state index in [0.29, 0.717) is 11.6 Å². The average molecular weight is 697 g/mol. The molecule has 0 unspecified atom stereocenters. The third-order valence-electron chi connectivity index (χ3n) is 7.06. The number of sulfonamides is 1. The van der Waals surface area contributed by atoms with Gasteiger partial charge in [0.25, 0.3) is 10.0 Å². The van der Waals surface area contributed by atoms with Crippen LogP contribution in [0.5, 0.6) is 0 Å². The quantitative estimate of drug-likeness (QED) is 0.167. The Bertz CT molecular complexity index is 1670. The smallest absolute Gasteiger partial charge is 0.264 e. The molecule has 0 heterocycles. The van der Waals surface area contributed by atoms with Gasteiger partial charge < -0.3 is 10.2 Å². The lowest BCUT2D eigenvalue weighted by Gasteiger charge is -2.34. The molecule has 1 atom stereocenters. The van der Waals surface area contributed by atoms with Crippen molar-refractivity contribution in [3.8, 4) is 0 Å². The second-order valence-electron chi connectivity index (χ2n) is 10.4. The van der Waals surface area contributed by atoms with Crippen LogP contribution >= 0.6 is 27.5 Å². The average Bonchev–Trinajstić information content (AvgIpc) is 3.01. The van der Waals surface area contributed by atoms with Gasteiger partial charge in [0.1, 0.15) is 12.6 Å². The van der Waals surface area contributed by atoms with Crippen LogP contribution in [-0.4, -0.2) is 44.3 Å². The van der Waals surface area contributed by atoms with Gasteiger partial charge in [0.15, 0.2) is 0 Å². The molecule has 0 radical (unpaired) electrons. The van der Waals surface area contributed by atoms with Gasteiger partial charge >= 0.3 is 0 Å². The Balaban J connectivity index is 1.79. The molecule has 10 heteroatoms. The van der Waals surface area contributed by atoms with Crippen LogP contribution in [0.15, 0.2) is 112 Å². The zero-order chi connectivity index (χ0) is 31.7. The summed E-state index contributed by atoms with van der Waals surface area (Å²) in [6.07, 6.45) is 0.976. The lowest BCUT2D eigenvalue weighted by atomic mass is 10.0. The summed E-state index contributed by atoms with van der Waals surface area (Å²) in [5.74, 6) is -0.832. The van der Waals surface area contributed by atoms with Crippen molar-refractivity contribution >= 4 is 55.1 Å². The van der Waals surface area contributed by atoms with E-state index in [0.717, 1.165) is 31.9 Å². The summed E-state index contributed by atoms with van der Waals surface area (Å²) >= 11 is 9.62. The Morgan fingerprint density at radius 3 is 2.18 bits per heavy atom. The molecule has 0 aliphatic heterocycles. The molecule has 4 aromatic rings. The fourth-order valence-corrected chi connectivity index (χ4v) is 6.71. The van der Waals surface area contributed by atoms with Crippen LogP contribution in [0.2, 0.25) is 5.02 Å². The zero-order valence-electron chi connectivity index (χ0n) is 24.6. The highest BCUT2D eigenvalue weighted by Gasteiger charge is 2.34. The van der Waals surface area contributed by atoms with Crippen molar-refractivity contribution in [1.29, 1.82) is 0 Å². The number of nitrogens with zero attached hydrogens (tertiary/aromatic N) is 2. The summed E-state index contributed by atoms with van der Waals surface area (Å²) in [5.41, 5.74) is 2.84. The maximum Gasteiger partial charge on any atom is 0.264 e. The highest BCUT2D eigenvalue weighted by Crippen LogP contribution is 2.27. The summed E-state index contributed by atoms with van der Waals surface area (Å²) in [4.78, 5) is 29.6. The van der Waals surface area contributed by atoms with Gasteiger partial charge in [-0.05, 0) is 73.0 Å². The van der Waals surface area contributed by atoms with E-state index in [4.69, 9.17) is 11.6 Å². The summed E-state index contributed by atoms with van der Waals surface area (Å²) in [6.45, 7) is 3.83. The molecule has 7 nitrogen and oxygen atoms in total. The van der Waals surface area contributed by atoms with E-state index < -0.39 is 28.5 Å². The van der Waals surface area contributed by atoms with E-state index in [2.05, 4.69) is 21.2 Å². The van der Waals surface area contributed by atoms with E-state index in [1.165, 1.54) is 17.0 Å². The normalized spacial score (nSPS) is 11.9. The predicted octanol–water partition coefficient (Wildman–Crippen LogP) is 6.77. The SMILES string of the molecule is CCCNC(=O)[C@@H](Cc1ccccc1)N(Cc1cccc(Br)c1)C(=O)CN(c1ccc(Cl)cc1)S(=O)(=O)c1ccc(C)cc1. The van der Waals surface area contributed by atoms with Crippen molar-refractivity contribution in [2.75, 3.05) is 17.4 Å². The lowest BCUT2D eigenvalue weighted by molar-refractivity contribution is -0.140. The number of halogens is 2. The summed E-state index contributed by atoms with van der Waals surface area (Å²) in [5, 5.41) is 3.38.